The molecule has 1 N–H and O–H groups in total. The molecule has 1 heterocycles. The number of fused-ring (bicyclic) bond motifs is 3. The minimum absolute atomic E-state index is 0.0460. The van der Waals surface area contributed by atoms with Gasteiger partial charge in [0.2, 0.25) is 0 Å². The first-order valence-corrected chi connectivity index (χ1v) is 11.0. The number of hydrogen-bond donors (Lipinski definition) is 1. The number of aliphatic hydroxyl groups is 1. The van der Waals surface area contributed by atoms with Crippen molar-refractivity contribution in [2.75, 3.05) is 6.61 Å². The number of ether oxygens (including phenoxy) is 1. The topological polar surface area (TPSA) is 29.5 Å². The van der Waals surface area contributed by atoms with Gasteiger partial charge in [0.15, 0.2) is 0 Å². The molecule has 0 spiro atoms. The van der Waals surface area contributed by atoms with Crippen molar-refractivity contribution in [3.05, 3.63) is 52.1 Å². The molecule has 27 heavy (non-hydrogen) atoms. The predicted octanol–water partition coefficient (Wildman–Crippen LogP) is 6.57. The molecule has 2 aromatic rings. The monoisotopic (exact) mass is 478 g/mol. The Balaban J connectivity index is 2.26. The van der Waals surface area contributed by atoms with Crippen LogP contribution in [0.25, 0.3) is 10.8 Å². The lowest BCUT2D eigenvalue weighted by molar-refractivity contribution is 0.224. The second-order valence-electron chi connectivity index (χ2n) is 8.37. The van der Waals surface area contributed by atoms with E-state index in [1.165, 1.54) is 33.0 Å². The summed E-state index contributed by atoms with van der Waals surface area (Å²) in [5.41, 5.74) is 6.48. The van der Waals surface area contributed by atoms with Gasteiger partial charge in [0, 0.05) is 5.56 Å². The minimum Gasteiger partial charge on any atom is -0.488 e. The van der Waals surface area contributed by atoms with Crippen LogP contribution in [0.1, 0.15) is 69.2 Å². The lowest BCUT2D eigenvalue weighted by Crippen LogP contribution is -2.25. The average molecular weight is 478 g/mol. The molecule has 3 rings (SSSR count). The Bertz CT molecular complexity index is 893. The Hall–Kier alpha value is -1.07. The van der Waals surface area contributed by atoms with E-state index >= 15 is 0 Å². The molecule has 0 saturated heterocycles. The van der Waals surface area contributed by atoms with E-state index < -0.39 is 0 Å². The molecular formula is C24H31IO2. The zero-order valence-electron chi connectivity index (χ0n) is 17.3. The highest BCUT2D eigenvalue weighted by molar-refractivity contribution is 14.1. The zero-order chi connectivity index (χ0) is 19.9. The Morgan fingerprint density at radius 1 is 1.37 bits per heavy atom. The van der Waals surface area contributed by atoms with Crippen LogP contribution >= 0.6 is 22.6 Å². The van der Waals surface area contributed by atoms with Crippen LogP contribution in [-0.4, -0.2) is 17.8 Å². The molecule has 0 saturated carbocycles. The van der Waals surface area contributed by atoms with Crippen molar-refractivity contribution in [1.29, 1.82) is 0 Å². The van der Waals surface area contributed by atoms with Crippen molar-refractivity contribution in [2.45, 2.75) is 69.8 Å². The second kappa shape index (κ2) is 7.75. The fourth-order valence-electron chi connectivity index (χ4n) is 4.04. The van der Waals surface area contributed by atoms with Crippen molar-refractivity contribution < 1.29 is 9.84 Å². The molecule has 2 nitrogen and oxygen atoms in total. The lowest BCUT2D eigenvalue weighted by Gasteiger charge is -2.23. The van der Waals surface area contributed by atoms with Crippen LogP contribution < -0.4 is 4.74 Å². The summed E-state index contributed by atoms with van der Waals surface area (Å²) in [4.78, 5) is 0. The number of aryl methyl sites for hydroxylation is 2. The highest BCUT2D eigenvalue weighted by atomic mass is 127. The number of halogens is 1. The normalized spacial score (nSPS) is 22.4. The maximum absolute atomic E-state index is 9.28. The third kappa shape index (κ3) is 3.65. The molecule has 0 bridgehead atoms. The Kier molecular flexibility index (Phi) is 5.93. The van der Waals surface area contributed by atoms with Gasteiger partial charge in [-0.2, -0.15) is 0 Å². The molecule has 2 atom stereocenters. The van der Waals surface area contributed by atoms with Crippen LogP contribution in [0.5, 0.6) is 5.75 Å². The van der Waals surface area contributed by atoms with Crippen molar-refractivity contribution in [2.24, 2.45) is 0 Å². The maximum atomic E-state index is 9.28. The SMILES string of the molecule is C/C(=C\CCc1c(C)ccc2cc(C(C)C)c3c(c12)[C@@](C)(I)[C@@H](C)O3)CO. The van der Waals surface area contributed by atoms with E-state index in [0.29, 0.717) is 5.92 Å². The summed E-state index contributed by atoms with van der Waals surface area (Å²) in [6.07, 6.45) is 4.24. The first kappa shape index (κ1) is 20.7. The maximum Gasteiger partial charge on any atom is 0.128 e. The number of hydrogen-bond acceptors (Lipinski definition) is 2. The van der Waals surface area contributed by atoms with Gasteiger partial charge in [-0.3, -0.25) is 0 Å². The van der Waals surface area contributed by atoms with Gasteiger partial charge < -0.3 is 9.84 Å². The molecule has 2 aromatic carbocycles. The summed E-state index contributed by atoms with van der Waals surface area (Å²) in [5, 5.41) is 12.0. The number of benzene rings is 2. The summed E-state index contributed by atoms with van der Waals surface area (Å²) >= 11 is 2.58. The van der Waals surface area contributed by atoms with Crippen LogP contribution in [0.3, 0.4) is 0 Å². The summed E-state index contributed by atoms with van der Waals surface area (Å²) in [7, 11) is 0. The van der Waals surface area contributed by atoms with E-state index in [9.17, 15) is 5.11 Å². The highest BCUT2D eigenvalue weighted by Gasteiger charge is 2.44. The minimum atomic E-state index is -0.0460. The van der Waals surface area contributed by atoms with Crippen LogP contribution in [-0.2, 0) is 9.84 Å². The third-order valence-corrected chi connectivity index (χ3v) is 7.35. The van der Waals surface area contributed by atoms with Gasteiger partial charge in [0.25, 0.3) is 0 Å². The van der Waals surface area contributed by atoms with Gasteiger partial charge in [-0.05, 0) is 80.0 Å². The lowest BCUT2D eigenvalue weighted by atomic mass is 9.84. The van der Waals surface area contributed by atoms with Crippen molar-refractivity contribution in [1.82, 2.24) is 0 Å². The molecule has 0 fully saturated rings. The Labute approximate surface area is 177 Å². The van der Waals surface area contributed by atoms with Crippen molar-refractivity contribution in [3.8, 4) is 5.75 Å². The largest absolute Gasteiger partial charge is 0.488 e. The second-order valence-corrected chi connectivity index (χ2v) is 10.6. The smallest absolute Gasteiger partial charge is 0.128 e. The van der Waals surface area contributed by atoms with Crippen molar-refractivity contribution in [3.63, 3.8) is 0 Å². The van der Waals surface area contributed by atoms with E-state index in [-0.39, 0.29) is 16.1 Å². The van der Waals surface area contributed by atoms with E-state index in [2.05, 4.69) is 81.5 Å². The third-order valence-electron chi connectivity index (χ3n) is 5.94. The van der Waals surface area contributed by atoms with E-state index in [1.54, 1.807) is 0 Å². The Morgan fingerprint density at radius 3 is 2.70 bits per heavy atom. The zero-order valence-corrected chi connectivity index (χ0v) is 19.5. The van der Waals surface area contributed by atoms with E-state index in [0.717, 1.165) is 24.2 Å². The number of alkyl halides is 1. The van der Waals surface area contributed by atoms with Gasteiger partial charge in [-0.15, -0.1) is 0 Å². The van der Waals surface area contributed by atoms with Crippen LogP contribution in [0, 0.1) is 6.92 Å². The molecule has 0 amide bonds. The Morgan fingerprint density at radius 2 is 2.07 bits per heavy atom. The fourth-order valence-corrected chi connectivity index (χ4v) is 4.68. The summed E-state index contributed by atoms with van der Waals surface area (Å²) in [6.45, 7) is 13.3. The van der Waals surface area contributed by atoms with Crippen LogP contribution in [0.15, 0.2) is 29.8 Å². The molecule has 3 heteroatoms. The summed E-state index contributed by atoms with van der Waals surface area (Å²) < 4.78 is 6.38. The molecule has 1 aliphatic heterocycles. The first-order valence-electron chi connectivity index (χ1n) is 9.90. The van der Waals surface area contributed by atoms with Gasteiger partial charge in [0.1, 0.15) is 11.9 Å². The van der Waals surface area contributed by atoms with E-state index in [4.69, 9.17) is 4.74 Å². The molecule has 146 valence electrons. The standard InChI is InChI=1S/C24H31IO2/c1-14(2)20-12-18-11-10-16(4)19(9-7-8-15(3)13-26)21(18)22-23(20)27-17(5)24(22,6)25/h8,10-12,14,17,26H,7,9,13H2,1-6H3/b15-8+/t17-,24+/m1/s1. The first-order chi connectivity index (χ1) is 12.7. The van der Waals surface area contributed by atoms with Gasteiger partial charge in [0.05, 0.1) is 10.0 Å². The summed E-state index contributed by atoms with van der Waals surface area (Å²) in [5.74, 6) is 1.54. The van der Waals surface area contributed by atoms with Crippen LogP contribution in [0.4, 0.5) is 0 Å². The average Bonchev–Trinajstić information content (AvgIpc) is 2.85. The fraction of sp³-hybridized carbons (Fsp3) is 0.500. The van der Waals surface area contributed by atoms with Crippen molar-refractivity contribution >= 4 is 33.4 Å². The molecular weight excluding hydrogens is 447 g/mol. The molecule has 0 aliphatic carbocycles. The molecule has 0 unspecified atom stereocenters. The highest BCUT2D eigenvalue weighted by Crippen LogP contribution is 2.54. The quantitative estimate of drug-likeness (QED) is 0.299. The molecule has 0 aromatic heterocycles. The van der Waals surface area contributed by atoms with E-state index in [1.807, 2.05) is 6.92 Å². The van der Waals surface area contributed by atoms with Gasteiger partial charge in [-0.25, -0.2) is 0 Å². The molecule has 0 radical (unpaired) electrons. The molecule has 1 aliphatic rings. The number of rotatable bonds is 5. The van der Waals surface area contributed by atoms with Gasteiger partial charge >= 0.3 is 0 Å². The predicted molar refractivity (Wildman–Crippen MR) is 123 cm³/mol. The van der Waals surface area contributed by atoms with Gasteiger partial charge in [-0.1, -0.05) is 60.2 Å². The number of allylic oxidation sites excluding steroid dienone is 1. The summed E-state index contributed by atoms with van der Waals surface area (Å²) in [6, 6.07) is 6.85. The number of aliphatic hydroxyl groups excluding tert-OH is 1. The van der Waals surface area contributed by atoms with Crippen LogP contribution in [0.2, 0.25) is 0 Å².